The van der Waals surface area contributed by atoms with Crippen LogP contribution >= 0.6 is 11.8 Å². The molecule has 140 valence electrons. The molecule has 4 fully saturated rings. The normalized spacial score (nSPS) is 25.3. The Labute approximate surface area is 159 Å². The van der Waals surface area contributed by atoms with E-state index in [2.05, 4.69) is 4.90 Å². The highest BCUT2D eigenvalue weighted by Gasteiger charge is 2.43. The van der Waals surface area contributed by atoms with Gasteiger partial charge in [0.1, 0.15) is 5.75 Å². The molecule has 1 aromatic carbocycles. The first-order chi connectivity index (χ1) is 12.6. The van der Waals surface area contributed by atoms with Gasteiger partial charge in [0.05, 0.1) is 18.8 Å². The van der Waals surface area contributed by atoms with Gasteiger partial charge in [0, 0.05) is 30.6 Å². The zero-order chi connectivity index (χ0) is 18.1. The fourth-order valence-electron chi connectivity index (χ4n) is 3.99. The van der Waals surface area contributed by atoms with Crippen molar-refractivity contribution in [2.24, 2.45) is 11.8 Å². The summed E-state index contributed by atoms with van der Waals surface area (Å²) < 4.78 is 5.24. The van der Waals surface area contributed by atoms with Crippen molar-refractivity contribution in [3.8, 4) is 5.75 Å². The van der Waals surface area contributed by atoms with Crippen LogP contribution in [0.25, 0.3) is 0 Å². The lowest BCUT2D eigenvalue weighted by atomic mass is 9.94. The van der Waals surface area contributed by atoms with Gasteiger partial charge in [-0.1, -0.05) is 6.07 Å². The number of fused-ring (bicyclic) bond motifs is 4. The Morgan fingerprint density at radius 2 is 2.08 bits per heavy atom. The van der Waals surface area contributed by atoms with E-state index < -0.39 is 0 Å². The second-order valence-electron chi connectivity index (χ2n) is 7.63. The minimum Gasteiger partial charge on any atom is -0.497 e. The van der Waals surface area contributed by atoms with Crippen LogP contribution < -0.4 is 4.74 Å². The van der Waals surface area contributed by atoms with Crippen LogP contribution in [0.4, 0.5) is 0 Å². The van der Waals surface area contributed by atoms with Crippen LogP contribution in [0.15, 0.2) is 29.2 Å². The van der Waals surface area contributed by atoms with Gasteiger partial charge in [0.2, 0.25) is 11.8 Å². The number of benzene rings is 1. The number of hydrogen-bond donors (Lipinski definition) is 0. The molecule has 1 saturated carbocycles. The van der Waals surface area contributed by atoms with Gasteiger partial charge in [-0.05, 0) is 49.8 Å². The van der Waals surface area contributed by atoms with Gasteiger partial charge in [-0.25, -0.2) is 0 Å². The van der Waals surface area contributed by atoms with Crippen molar-refractivity contribution in [3.05, 3.63) is 24.3 Å². The molecule has 3 aliphatic heterocycles. The van der Waals surface area contributed by atoms with E-state index in [0.717, 1.165) is 30.0 Å². The fraction of sp³-hybridized carbons (Fsp3) is 0.600. The lowest BCUT2D eigenvalue weighted by Crippen LogP contribution is -2.48. The minimum atomic E-state index is -0.00160. The maximum absolute atomic E-state index is 12.8. The maximum atomic E-state index is 12.8. The second kappa shape index (κ2) is 7.51. The third kappa shape index (κ3) is 3.85. The summed E-state index contributed by atoms with van der Waals surface area (Å²) in [5.41, 5.74) is 0. The monoisotopic (exact) mass is 374 g/mol. The Bertz CT molecular complexity index is 691. The lowest BCUT2D eigenvalue weighted by Gasteiger charge is -2.36. The molecule has 3 heterocycles. The molecular weight excluding hydrogens is 348 g/mol. The molecule has 0 aromatic heterocycles. The van der Waals surface area contributed by atoms with E-state index in [1.54, 1.807) is 7.11 Å². The van der Waals surface area contributed by atoms with Crippen molar-refractivity contribution in [1.82, 2.24) is 9.80 Å². The van der Waals surface area contributed by atoms with E-state index in [9.17, 15) is 9.59 Å². The number of rotatable bonds is 6. The molecule has 1 aromatic rings. The molecule has 6 heteroatoms. The second-order valence-corrected chi connectivity index (χ2v) is 8.68. The van der Waals surface area contributed by atoms with Gasteiger partial charge >= 0.3 is 0 Å². The Morgan fingerprint density at radius 3 is 2.85 bits per heavy atom. The quantitative estimate of drug-likeness (QED) is 0.719. The van der Waals surface area contributed by atoms with Crippen LogP contribution in [0.1, 0.15) is 25.7 Å². The Morgan fingerprint density at radius 1 is 1.23 bits per heavy atom. The topological polar surface area (TPSA) is 49.9 Å². The number of amides is 2. The first-order valence-electron chi connectivity index (χ1n) is 9.49. The molecule has 2 atom stereocenters. The van der Waals surface area contributed by atoms with Crippen LogP contribution in [0.3, 0.4) is 0 Å². The van der Waals surface area contributed by atoms with Gasteiger partial charge in [-0.3, -0.25) is 9.59 Å². The average Bonchev–Trinajstić information content (AvgIpc) is 3.50. The summed E-state index contributed by atoms with van der Waals surface area (Å²) in [7, 11) is 1.65. The summed E-state index contributed by atoms with van der Waals surface area (Å²) in [6.45, 7) is 2.20. The first-order valence-corrected chi connectivity index (χ1v) is 10.5. The first kappa shape index (κ1) is 17.7. The van der Waals surface area contributed by atoms with E-state index in [4.69, 9.17) is 4.74 Å². The van der Waals surface area contributed by atoms with Crippen LogP contribution in [0.2, 0.25) is 0 Å². The number of carbonyl (C=O) groups is 2. The number of thioether (sulfide) groups is 1. The van der Waals surface area contributed by atoms with E-state index in [0.29, 0.717) is 24.8 Å². The number of nitrogens with zero attached hydrogens (tertiary/aromatic N) is 2. The summed E-state index contributed by atoms with van der Waals surface area (Å²) in [6, 6.07) is 8.00. The van der Waals surface area contributed by atoms with E-state index in [-0.39, 0.29) is 23.8 Å². The molecule has 2 amide bonds. The van der Waals surface area contributed by atoms with E-state index in [1.165, 1.54) is 24.6 Å². The minimum absolute atomic E-state index is 0.00160. The van der Waals surface area contributed by atoms with Gasteiger partial charge < -0.3 is 14.5 Å². The summed E-state index contributed by atoms with van der Waals surface area (Å²) in [6.07, 6.45) is 4.47. The van der Waals surface area contributed by atoms with Crippen molar-refractivity contribution >= 4 is 23.6 Å². The molecule has 0 N–H and O–H groups in total. The summed E-state index contributed by atoms with van der Waals surface area (Å²) in [5, 5.41) is 0. The number of hydrogen-bond acceptors (Lipinski definition) is 4. The summed E-state index contributed by atoms with van der Waals surface area (Å²) in [5.74, 6) is 2.32. The Hall–Kier alpha value is -1.69. The zero-order valence-corrected chi connectivity index (χ0v) is 16.0. The number of methoxy groups -OCH3 is 1. The predicted octanol–water partition coefficient (Wildman–Crippen LogP) is 2.65. The SMILES string of the molecule is COc1cccc(SCC(=O)N2C[C@H]3CC[C@@H](C2)N(CC2CC2)C3=O)c1. The molecule has 2 bridgehead atoms. The van der Waals surface area contributed by atoms with Gasteiger partial charge in [-0.2, -0.15) is 0 Å². The lowest BCUT2D eigenvalue weighted by molar-refractivity contribution is -0.140. The molecule has 3 saturated heterocycles. The Balaban J connectivity index is 1.38. The van der Waals surface area contributed by atoms with Crippen molar-refractivity contribution in [2.45, 2.75) is 36.6 Å². The summed E-state index contributed by atoms with van der Waals surface area (Å²) >= 11 is 1.53. The Kier molecular flexibility index (Phi) is 5.11. The summed E-state index contributed by atoms with van der Waals surface area (Å²) in [4.78, 5) is 30.6. The van der Waals surface area contributed by atoms with E-state index in [1.807, 2.05) is 29.2 Å². The molecule has 4 aliphatic rings. The highest BCUT2D eigenvalue weighted by atomic mass is 32.2. The predicted molar refractivity (Wildman–Crippen MR) is 101 cm³/mol. The van der Waals surface area contributed by atoms with Gasteiger partial charge in [0.15, 0.2) is 0 Å². The fourth-order valence-corrected chi connectivity index (χ4v) is 4.84. The third-order valence-electron chi connectivity index (χ3n) is 5.70. The standard InChI is InChI=1S/C20H26N2O3S/c1-25-17-3-2-4-18(9-17)26-13-19(23)21-11-15-7-8-16(12-21)22(20(15)24)10-14-5-6-14/h2-4,9,14-16H,5-8,10-13H2,1H3/t15-,16+/m1/s1. The van der Waals surface area contributed by atoms with Crippen LogP contribution in [-0.2, 0) is 9.59 Å². The molecule has 26 heavy (non-hydrogen) atoms. The van der Waals surface area contributed by atoms with Crippen LogP contribution in [0, 0.1) is 11.8 Å². The number of carbonyl (C=O) groups excluding carboxylic acids is 2. The van der Waals surface area contributed by atoms with Crippen LogP contribution in [0.5, 0.6) is 5.75 Å². The van der Waals surface area contributed by atoms with Crippen molar-refractivity contribution < 1.29 is 14.3 Å². The van der Waals surface area contributed by atoms with Crippen molar-refractivity contribution in [2.75, 3.05) is 32.5 Å². The number of piperidine rings is 1. The molecule has 0 unspecified atom stereocenters. The smallest absolute Gasteiger partial charge is 0.233 e. The zero-order valence-electron chi connectivity index (χ0n) is 15.2. The van der Waals surface area contributed by atoms with Crippen LogP contribution in [-0.4, -0.2) is 60.2 Å². The maximum Gasteiger partial charge on any atom is 0.233 e. The number of ether oxygens (including phenoxy) is 1. The van der Waals surface area contributed by atoms with Gasteiger partial charge in [0.25, 0.3) is 0 Å². The molecule has 0 radical (unpaired) electrons. The third-order valence-corrected chi connectivity index (χ3v) is 6.68. The molecular formula is C20H26N2O3S. The van der Waals surface area contributed by atoms with Gasteiger partial charge in [-0.15, -0.1) is 11.8 Å². The largest absolute Gasteiger partial charge is 0.497 e. The highest BCUT2D eigenvalue weighted by Crippen LogP contribution is 2.35. The molecule has 1 aliphatic carbocycles. The molecule has 5 rings (SSSR count). The van der Waals surface area contributed by atoms with Crippen molar-refractivity contribution in [1.29, 1.82) is 0 Å². The highest BCUT2D eigenvalue weighted by molar-refractivity contribution is 8.00. The molecule has 5 nitrogen and oxygen atoms in total. The van der Waals surface area contributed by atoms with Crippen molar-refractivity contribution in [3.63, 3.8) is 0 Å². The average molecular weight is 375 g/mol. The van der Waals surface area contributed by atoms with E-state index >= 15 is 0 Å². The molecule has 0 spiro atoms.